The Labute approximate surface area is 133 Å². The van der Waals surface area contributed by atoms with Gasteiger partial charge in [-0.3, -0.25) is 4.79 Å². The number of anilines is 1. The summed E-state index contributed by atoms with van der Waals surface area (Å²) in [4.78, 5) is 12.6. The van der Waals surface area contributed by atoms with Gasteiger partial charge in [0.25, 0.3) is 5.76 Å². The zero-order chi connectivity index (χ0) is 14.5. The summed E-state index contributed by atoms with van der Waals surface area (Å²) < 4.78 is 24.6. The van der Waals surface area contributed by atoms with Gasteiger partial charge in [0.2, 0.25) is 5.91 Å². The van der Waals surface area contributed by atoms with E-state index in [-0.39, 0.29) is 24.2 Å². The average Bonchev–Trinajstić information content (AvgIpc) is 2.38. The van der Waals surface area contributed by atoms with Crippen molar-refractivity contribution >= 4 is 35.8 Å². The number of rotatable bonds is 4. The van der Waals surface area contributed by atoms with Crippen LogP contribution >= 0.6 is 24.2 Å². The number of piperidine rings is 1. The van der Waals surface area contributed by atoms with Gasteiger partial charge in [-0.25, -0.2) is 0 Å². The summed E-state index contributed by atoms with van der Waals surface area (Å²) in [5.74, 6) is -2.50. The molecule has 0 spiro atoms. The van der Waals surface area contributed by atoms with E-state index in [1.165, 1.54) is 0 Å². The van der Waals surface area contributed by atoms with Crippen molar-refractivity contribution in [2.45, 2.75) is 36.5 Å². The SMILES string of the molecule is C[C@H]1C[C@@H](C(=O)Nc2cccc(SC(F)F)c2)CCN1.Cl. The molecule has 1 aliphatic heterocycles. The number of carbonyl (C=O) groups is 1. The first-order chi connectivity index (χ1) is 9.54. The average molecular weight is 337 g/mol. The molecule has 1 heterocycles. The molecule has 21 heavy (non-hydrogen) atoms. The number of amides is 1. The molecule has 0 aliphatic carbocycles. The molecule has 2 rings (SSSR count). The monoisotopic (exact) mass is 336 g/mol. The van der Waals surface area contributed by atoms with Crippen LogP contribution in [0.15, 0.2) is 29.2 Å². The fourth-order valence-corrected chi connectivity index (χ4v) is 2.92. The smallest absolute Gasteiger partial charge is 0.288 e. The molecule has 7 heteroatoms. The van der Waals surface area contributed by atoms with Crippen molar-refractivity contribution in [3.05, 3.63) is 24.3 Å². The lowest BCUT2D eigenvalue weighted by atomic mass is 9.92. The van der Waals surface area contributed by atoms with Gasteiger partial charge in [-0.05, 0) is 44.5 Å². The number of halogens is 3. The van der Waals surface area contributed by atoms with Crippen LogP contribution in [0.1, 0.15) is 19.8 Å². The topological polar surface area (TPSA) is 41.1 Å². The van der Waals surface area contributed by atoms with Crippen LogP contribution in [-0.4, -0.2) is 24.3 Å². The van der Waals surface area contributed by atoms with E-state index in [4.69, 9.17) is 0 Å². The Kier molecular flexibility index (Phi) is 7.42. The van der Waals surface area contributed by atoms with Gasteiger partial charge in [0.15, 0.2) is 0 Å². The summed E-state index contributed by atoms with van der Waals surface area (Å²) >= 11 is 0.481. The Morgan fingerprint density at radius 3 is 2.90 bits per heavy atom. The molecule has 118 valence electrons. The van der Waals surface area contributed by atoms with Crippen LogP contribution < -0.4 is 10.6 Å². The molecule has 1 saturated heterocycles. The lowest BCUT2D eigenvalue weighted by Gasteiger charge is -2.27. The van der Waals surface area contributed by atoms with Crippen LogP contribution in [0, 0.1) is 5.92 Å². The maximum atomic E-state index is 12.3. The van der Waals surface area contributed by atoms with E-state index >= 15 is 0 Å². The highest BCUT2D eigenvalue weighted by molar-refractivity contribution is 7.99. The first kappa shape index (κ1) is 18.2. The molecule has 0 radical (unpaired) electrons. The quantitative estimate of drug-likeness (QED) is 0.823. The minimum atomic E-state index is -2.45. The highest BCUT2D eigenvalue weighted by Gasteiger charge is 2.24. The van der Waals surface area contributed by atoms with Crippen LogP contribution in [-0.2, 0) is 4.79 Å². The summed E-state index contributed by atoms with van der Waals surface area (Å²) in [5.41, 5.74) is 0.576. The molecule has 0 aromatic heterocycles. The Morgan fingerprint density at radius 2 is 2.24 bits per heavy atom. The number of thioether (sulfide) groups is 1. The number of benzene rings is 1. The van der Waals surface area contributed by atoms with Crippen molar-refractivity contribution in [2.24, 2.45) is 5.92 Å². The largest absolute Gasteiger partial charge is 0.326 e. The second-order valence-corrected chi connectivity index (χ2v) is 6.04. The number of alkyl halides is 2. The molecule has 2 atom stereocenters. The van der Waals surface area contributed by atoms with E-state index < -0.39 is 5.76 Å². The van der Waals surface area contributed by atoms with Gasteiger partial charge < -0.3 is 10.6 Å². The van der Waals surface area contributed by atoms with Crippen LogP contribution in [0.3, 0.4) is 0 Å². The van der Waals surface area contributed by atoms with Gasteiger partial charge in [-0.1, -0.05) is 17.8 Å². The fourth-order valence-electron chi connectivity index (χ4n) is 2.36. The van der Waals surface area contributed by atoms with Crippen LogP contribution in [0.5, 0.6) is 0 Å². The minimum absolute atomic E-state index is 0. The van der Waals surface area contributed by atoms with E-state index in [1.54, 1.807) is 24.3 Å². The van der Waals surface area contributed by atoms with Crippen LogP contribution in [0.25, 0.3) is 0 Å². The molecular weight excluding hydrogens is 318 g/mol. The predicted octanol–water partition coefficient (Wildman–Crippen LogP) is 3.75. The minimum Gasteiger partial charge on any atom is -0.326 e. The predicted molar refractivity (Wildman–Crippen MR) is 84.4 cm³/mol. The summed E-state index contributed by atoms with van der Waals surface area (Å²) in [7, 11) is 0. The van der Waals surface area contributed by atoms with Crippen molar-refractivity contribution in [2.75, 3.05) is 11.9 Å². The standard InChI is InChI=1S/C14H18F2N2OS.ClH/c1-9-7-10(5-6-17-9)13(19)18-11-3-2-4-12(8-11)20-14(15)16;/h2-4,8-10,14,17H,5-7H2,1H3,(H,18,19);1H/t9-,10-;/m0./s1. The van der Waals surface area contributed by atoms with Gasteiger partial charge in [-0.2, -0.15) is 8.78 Å². The Bertz CT molecular complexity index is 476. The molecule has 0 bridgehead atoms. The fraction of sp³-hybridized carbons (Fsp3) is 0.500. The van der Waals surface area contributed by atoms with Crippen molar-refractivity contribution in [1.29, 1.82) is 0 Å². The second kappa shape index (κ2) is 8.56. The first-order valence-electron chi connectivity index (χ1n) is 6.63. The van der Waals surface area contributed by atoms with E-state index in [0.717, 1.165) is 19.4 Å². The Balaban J connectivity index is 0.00000220. The number of nitrogens with one attached hydrogen (secondary N) is 2. The lowest BCUT2D eigenvalue weighted by molar-refractivity contribution is -0.120. The van der Waals surface area contributed by atoms with Gasteiger partial charge in [0.1, 0.15) is 0 Å². The molecule has 1 fully saturated rings. The maximum Gasteiger partial charge on any atom is 0.288 e. The van der Waals surface area contributed by atoms with E-state index in [2.05, 4.69) is 17.6 Å². The zero-order valence-corrected chi connectivity index (χ0v) is 13.3. The summed E-state index contributed by atoms with van der Waals surface area (Å²) in [6.07, 6.45) is 1.61. The van der Waals surface area contributed by atoms with Crippen molar-refractivity contribution in [1.82, 2.24) is 5.32 Å². The molecule has 1 aliphatic rings. The molecule has 0 saturated carbocycles. The number of hydrogen-bond acceptors (Lipinski definition) is 3. The van der Waals surface area contributed by atoms with Crippen molar-refractivity contribution < 1.29 is 13.6 Å². The van der Waals surface area contributed by atoms with Gasteiger partial charge >= 0.3 is 0 Å². The normalized spacial score (nSPS) is 21.7. The highest BCUT2D eigenvalue weighted by atomic mass is 35.5. The molecule has 3 nitrogen and oxygen atoms in total. The van der Waals surface area contributed by atoms with E-state index in [0.29, 0.717) is 28.4 Å². The van der Waals surface area contributed by atoms with Crippen LogP contribution in [0.4, 0.5) is 14.5 Å². The third-order valence-electron chi connectivity index (χ3n) is 3.32. The third kappa shape index (κ3) is 5.80. The van der Waals surface area contributed by atoms with Gasteiger partial charge in [0.05, 0.1) is 0 Å². The molecule has 1 aromatic rings. The van der Waals surface area contributed by atoms with E-state index in [9.17, 15) is 13.6 Å². The molecule has 2 N–H and O–H groups in total. The molecular formula is C14H19ClF2N2OS. The Morgan fingerprint density at radius 1 is 1.48 bits per heavy atom. The molecule has 0 unspecified atom stereocenters. The zero-order valence-electron chi connectivity index (χ0n) is 11.6. The van der Waals surface area contributed by atoms with Gasteiger partial charge in [0, 0.05) is 22.5 Å². The summed E-state index contributed by atoms with van der Waals surface area (Å²) in [5, 5.41) is 6.12. The maximum absolute atomic E-state index is 12.3. The molecule has 1 aromatic carbocycles. The highest BCUT2D eigenvalue weighted by Crippen LogP contribution is 2.27. The molecule has 1 amide bonds. The van der Waals surface area contributed by atoms with Crippen molar-refractivity contribution in [3.63, 3.8) is 0 Å². The number of hydrogen-bond donors (Lipinski definition) is 2. The summed E-state index contributed by atoms with van der Waals surface area (Å²) in [6, 6.07) is 6.92. The van der Waals surface area contributed by atoms with Crippen molar-refractivity contribution in [3.8, 4) is 0 Å². The van der Waals surface area contributed by atoms with E-state index in [1.807, 2.05) is 0 Å². The Hall–Kier alpha value is -0.850. The second-order valence-electron chi connectivity index (χ2n) is 4.97. The summed E-state index contributed by atoms with van der Waals surface area (Å²) in [6.45, 7) is 2.89. The van der Waals surface area contributed by atoms with Gasteiger partial charge in [-0.15, -0.1) is 12.4 Å². The van der Waals surface area contributed by atoms with Crippen LogP contribution in [0.2, 0.25) is 0 Å². The number of carbonyl (C=O) groups excluding carboxylic acids is 1. The first-order valence-corrected chi connectivity index (χ1v) is 7.51. The lowest BCUT2D eigenvalue weighted by Crippen LogP contribution is -2.40. The third-order valence-corrected chi connectivity index (χ3v) is 4.03.